The van der Waals surface area contributed by atoms with Gasteiger partial charge in [0.1, 0.15) is 5.54 Å². The lowest BCUT2D eigenvalue weighted by atomic mass is 9.89. The molecule has 3 amide bonds. The summed E-state index contributed by atoms with van der Waals surface area (Å²) in [7, 11) is 0. The Balaban J connectivity index is 1.74. The van der Waals surface area contributed by atoms with E-state index in [0.717, 1.165) is 0 Å². The summed E-state index contributed by atoms with van der Waals surface area (Å²) in [5.41, 5.74) is -0.740. The van der Waals surface area contributed by atoms with Crippen LogP contribution in [0, 0.1) is 5.92 Å². The van der Waals surface area contributed by atoms with Gasteiger partial charge in [-0.1, -0.05) is 52.4 Å². The van der Waals surface area contributed by atoms with Gasteiger partial charge in [0.05, 0.1) is 6.67 Å². The van der Waals surface area contributed by atoms with Crippen LogP contribution in [0.2, 0.25) is 0 Å². The number of amides is 3. The van der Waals surface area contributed by atoms with Gasteiger partial charge >= 0.3 is 6.03 Å². The molecule has 0 aromatic heterocycles. The minimum atomic E-state index is -0.740. The van der Waals surface area contributed by atoms with Crippen molar-refractivity contribution >= 4 is 11.9 Å². The Hall–Kier alpha value is -1.10. The number of nitrogens with one attached hydrogen (secondary N) is 1. The lowest BCUT2D eigenvalue weighted by Crippen LogP contribution is -2.52. The highest BCUT2D eigenvalue weighted by molar-refractivity contribution is 6.06. The van der Waals surface area contributed by atoms with Gasteiger partial charge in [0, 0.05) is 12.1 Å². The van der Waals surface area contributed by atoms with E-state index in [4.69, 9.17) is 0 Å². The molecule has 3 rings (SSSR count). The quantitative estimate of drug-likeness (QED) is 0.717. The van der Waals surface area contributed by atoms with Crippen LogP contribution in [0.15, 0.2) is 0 Å². The zero-order valence-electron chi connectivity index (χ0n) is 16.9. The van der Waals surface area contributed by atoms with Crippen LogP contribution in [0.4, 0.5) is 4.79 Å². The first-order valence-corrected chi connectivity index (χ1v) is 10.8. The molecule has 0 spiro atoms. The van der Waals surface area contributed by atoms with Gasteiger partial charge in [-0.3, -0.25) is 9.69 Å². The van der Waals surface area contributed by atoms with Gasteiger partial charge in [0.15, 0.2) is 0 Å². The number of imide groups is 1. The number of hydrogen-bond donors (Lipinski definition) is 1. The van der Waals surface area contributed by atoms with Crippen molar-refractivity contribution in [3.63, 3.8) is 0 Å². The Morgan fingerprint density at radius 1 is 1.00 bits per heavy atom. The largest absolute Gasteiger partial charge is 0.326 e. The van der Waals surface area contributed by atoms with Crippen molar-refractivity contribution in [2.45, 2.75) is 109 Å². The fourth-order valence-corrected chi connectivity index (χ4v) is 5.35. The fourth-order valence-electron chi connectivity index (χ4n) is 5.35. The number of carbonyl (C=O) groups is 2. The molecule has 5 nitrogen and oxygen atoms in total. The third-order valence-electron chi connectivity index (χ3n) is 6.55. The smallest absolute Gasteiger partial charge is 0.323 e. The zero-order chi connectivity index (χ0) is 18.7. The molecule has 1 heterocycles. The molecule has 0 bridgehead atoms. The maximum Gasteiger partial charge on any atom is 0.326 e. The van der Waals surface area contributed by atoms with Crippen LogP contribution in [-0.4, -0.2) is 46.0 Å². The van der Waals surface area contributed by atoms with Gasteiger partial charge in [-0.25, -0.2) is 9.69 Å². The van der Waals surface area contributed by atoms with E-state index in [-0.39, 0.29) is 11.9 Å². The second kappa shape index (κ2) is 8.28. The van der Waals surface area contributed by atoms with E-state index in [0.29, 0.717) is 31.1 Å². The van der Waals surface area contributed by atoms with E-state index < -0.39 is 5.54 Å². The molecule has 0 radical (unpaired) electrons. The van der Waals surface area contributed by atoms with E-state index in [1.54, 1.807) is 0 Å². The average molecular weight is 364 g/mol. The minimum absolute atomic E-state index is 0.0344. The predicted octanol–water partition coefficient (Wildman–Crippen LogP) is 4.27. The van der Waals surface area contributed by atoms with E-state index in [2.05, 4.69) is 24.1 Å². The molecule has 3 fully saturated rings. The summed E-state index contributed by atoms with van der Waals surface area (Å²) < 4.78 is 0. The number of carbonyl (C=O) groups excluding carboxylic acids is 2. The summed E-state index contributed by atoms with van der Waals surface area (Å²) in [4.78, 5) is 29.8. The molecule has 1 unspecified atom stereocenters. The van der Waals surface area contributed by atoms with Crippen LogP contribution in [0.1, 0.15) is 91.4 Å². The molecule has 0 aromatic carbocycles. The molecule has 3 aliphatic rings. The van der Waals surface area contributed by atoms with Gasteiger partial charge in [-0.05, 0) is 44.9 Å². The van der Waals surface area contributed by atoms with Gasteiger partial charge in [0.2, 0.25) is 0 Å². The highest BCUT2D eigenvalue weighted by atomic mass is 16.2. The first-order valence-electron chi connectivity index (χ1n) is 10.8. The van der Waals surface area contributed by atoms with Crippen LogP contribution in [0.3, 0.4) is 0 Å². The van der Waals surface area contributed by atoms with Crippen molar-refractivity contribution in [2.75, 3.05) is 6.67 Å². The van der Waals surface area contributed by atoms with Crippen molar-refractivity contribution in [1.82, 2.24) is 15.1 Å². The third-order valence-corrected chi connectivity index (χ3v) is 6.55. The molecular formula is C21H37N3O2. The fraction of sp³-hybridized carbons (Fsp3) is 0.905. The van der Waals surface area contributed by atoms with Gasteiger partial charge < -0.3 is 5.32 Å². The van der Waals surface area contributed by atoms with Crippen molar-refractivity contribution in [1.29, 1.82) is 0 Å². The van der Waals surface area contributed by atoms with Gasteiger partial charge in [-0.15, -0.1) is 0 Å². The van der Waals surface area contributed by atoms with E-state index in [9.17, 15) is 9.59 Å². The Morgan fingerprint density at radius 2 is 1.50 bits per heavy atom. The number of nitrogens with zero attached hydrogens (tertiary/aromatic N) is 2. The Morgan fingerprint density at radius 3 is 1.96 bits per heavy atom. The SMILES string of the molecule is CC(C)CC1(C)NC(=O)N(CN(C2CCCCC2)C2CCCCC2)C1=O. The second-order valence-electron chi connectivity index (χ2n) is 9.33. The Kier molecular flexibility index (Phi) is 6.26. The molecule has 2 saturated carbocycles. The van der Waals surface area contributed by atoms with Crippen LogP contribution >= 0.6 is 0 Å². The van der Waals surface area contributed by atoms with Crippen LogP contribution in [-0.2, 0) is 4.79 Å². The molecular weight excluding hydrogens is 326 g/mol. The Labute approximate surface area is 158 Å². The molecule has 1 atom stereocenters. The average Bonchev–Trinajstić information content (AvgIpc) is 2.82. The first-order chi connectivity index (χ1) is 12.4. The normalized spacial score (nSPS) is 29.0. The van der Waals surface area contributed by atoms with Crippen molar-refractivity contribution in [2.24, 2.45) is 5.92 Å². The zero-order valence-corrected chi connectivity index (χ0v) is 16.9. The topological polar surface area (TPSA) is 52.7 Å². The van der Waals surface area contributed by atoms with Crippen molar-refractivity contribution < 1.29 is 9.59 Å². The molecule has 1 aliphatic heterocycles. The first kappa shape index (κ1) is 19.7. The summed E-state index contributed by atoms with van der Waals surface area (Å²) >= 11 is 0. The lowest BCUT2D eigenvalue weighted by Gasteiger charge is -2.42. The monoisotopic (exact) mass is 363 g/mol. The van der Waals surface area contributed by atoms with Crippen molar-refractivity contribution in [3.05, 3.63) is 0 Å². The molecule has 1 N–H and O–H groups in total. The van der Waals surface area contributed by atoms with Gasteiger partial charge in [0.25, 0.3) is 5.91 Å². The highest BCUT2D eigenvalue weighted by Crippen LogP contribution is 2.32. The number of rotatable bonds is 6. The molecule has 148 valence electrons. The van der Waals surface area contributed by atoms with Crippen LogP contribution in [0.5, 0.6) is 0 Å². The second-order valence-corrected chi connectivity index (χ2v) is 9.33. The van der Waals surface area contributed by atoms with Gasteiger partial charge in [-0.2, -0.15) is 0 Å². The molecule has 1 saturated heterocycles. The Bertz CT molecular complexity index is 491. The molecule has 26 heavy (non-hydrogen) atoms. The maximum atomic E-state index is 13.1. The molecule has 5 heteroatoms. The van der Waals surface area contributed by atoms with E-state index in [1.807, 2.05) is 6.92 Å². The summed E-state index contributed by atoms with van der Waals surface area (Å²) in [6.07, 6.45) is 13.3. The summed E-state index contributed by atoms with van der Waals surface area (Å²) in [5.74, 6) is 0.338. The van der Waals surface area contributed by atoms with Crippen LogP contribution in [0.25, 0.3) is 0 Å². The minimum Gasteiger partial charge on any atom is -0.323 e. The number of urea groups is 1. The lowest BCUT2D eigenvalue weighted by molar-refractivity contribution is -0.133. The summed E-state index contributed by atoms with van der Waals surface area (Å²) in [6.45, 7) is 6.57. The number of hydrogen-bond acceptors (Lipinski definition) is 3. The van der Waals surface area contributed by atoms with Crippen molar-refractivity contribution in [3.8, 4) is 0 Å². The summed E-state index contributed by atoms with van der Waals surface area (Å²) in [5, 5.41) is 2.98. The maximum absolute atomic E-state index is 13.1. The third kappa shape index (κ3) is 4.24. The standard InChI is InChI=1S/C21H37N3O2/c1-16(2)14-21(3)19(25)24(20(26)22-21)15-23(17-10-6-4-7-11-17)18-12-8-5-9-13-18/h16-18H,4-15H2,1-3H3,(H,22,26). The molecule has 0 aromatic rings. The molecule has 2 aliphatic carbocycles. The van der Waals surface area contributed by atoms with E-state index >= 15 is 0 Å². The highest BCUT2D eigenvalue weighted by Gasteiger charge is 2.49. The van der Waals surface area contributed by atoms with E-state index in [1.165, 1.54) is 69.1 Å². The predicted molar refractivity (Wildman–Crippen MR) is 104 cm³/mol. The van der Waals surface area contributed by atoms with Crippen LogP contribution < -0.4 is 5.32 Å². The summed E-state index contributed by atoms with van der Waals surface area (Å²) in [6, 6.07) is 0.864.